The minimum absolute atomic E-state index is 0.441. The Hall–Kier alpha value is -0.590. The van der Waals surface area contributed by atoms with E-state index in [-0.39, 0.29) is 0 Å². The molecule has 2 nitrogen and oxygen atoms in total. The van der Waals surface area contributed by atoms with Gasteiger partial charge in [0, 0.05) is 12.3 Å². The Kier molecular flexibility index (Phi) is 6.55. The van der Waals surface area contributed by atoms with E-state index in [0.29, 0.717) is 18.9 Å². The molecule has 0 radical (unpaired) electrons. The summed E-state index contributed by atoms with van der Waals surface area (Å²) in [6.45, 7) is 15.3. The normalized spacial score (nSPS) is 11.1. The SMILES string of the molecule is C=CCCOP(=O)(CC(=C)C)CC(=C)C. The minimum Gasteiger partial charge on any atom is -0.328 e. The smallest absolute Gasteiger partial charge is 0.210 e. The van der Waals surface area contributed by atoms with Gasteiger partial charge in [-0.1, -0.05) is 30.4 Å². The second-order valence-electron chi connectivity index (χ2n) is 3.96. The van der Waals surface area contributed by atoms with Gasteiger partial charge in [-0.05, 0) is 20.3 Å². The number of hydrogen-bond donors (Lipinski definition) is 0. The van der Waals surface area contributed by atoms with Crippen molar-refractivity contribution in [2.75, 3.05) is 18.9 Å². The van der Waals surface area contributed by atoms with Crippen LogP contribution in [0.2, 0.25) is 0 Å². The fourth-order valence-corrected chi connectivity index (χ4v) is 3.65. The maximum Gasteiger partial charge on any atom is 0.210 e. The van der Waals surface area contributed by atoms with Crippen LogP contribution in [0.1, 0.15) is 20.3 Å². The summed E-state index contributed by atoms with van der Waals surface area (Å²) in [7, 11) is -2.61. The molecule has 86 valence electrons. The van der Waals surface area contributed by atoms with Crippen molar-refractivity contribution in [1.29, 1.82) is 0 Å². The molecule has 3 heteroatoms. The summed E-state index contributed by atoms with van der Waals surface area (Å²) in [6, 6.07) is 0. The average Bonchev–Trinajstić information content (AvgIpc) is 2.00. The highest BCUT2D eigenvalue weighted by Gasteiger charge is 2.22. The van der Waals surface area contributed by atoms with Crippen molar-refractivity contribution < 1.29 is 9.09 Å². The van der Waals surface area contributed by atoms with Crippen molar-refractivity contribution in [3.63, 3.8) is 0 Å². The lowest BCUT2D eigenvalue weighted by atomic mass is 10.4. The van der Waals surface area contributed by atoms with Crippen LogP contribution >= 0.6 is 7.37 Å². The van der Waals surface area contributed by atoms with E-state index in [4.69, 9.17) is 4.52 Å². The highest BCUT2D eigenvalue weighted by Crippen LogP contribution is 2.49. The van der Waals surface area contributed by atoms with Gasteiger partial charge < -0.3 is 4.52 Å². The first kappa shape index (κ1) is 14.4. The lowest BCUT2D eigenvalue weighted by molar-refractivity contribution is 0.322. The molecule has 0 unspecified atom stereocenters. The van der Waals surface area contributed by atoms with Crippen LogP contribution in [0.3, 0.4) is 0 Å². The van der Waals surface area contributed by atoms with Gasteiger partial charge in [0.2, 0.25) is 7.37 Å². The van der Waals surface area contributed by atoms with E-state index in [1.165, 1.54) is 0 Å². The zero-order chi connectivity index (χ0) is 11.9. The van der Waals surface area contributed by atoms with Gasteiger partial charge in [-0.2, -0.15) is 0 Å². The van der Waals surface area contributed by atoms with Crippen molar-refractivity contribution in [3.05, 3.63) is 37.0 Å². The average molecular weight is 228 g/mol. The standard InChI is InChI=1S/C12H21O2P/c1-6-7-8-14-15(13,9-11(2)3)10-12(4)5/h6H,1-2,4,7-10H2,3,5H3. The highest BCUT2D eigenvalue weighted by molar-refractivity contribution is 7.59. The summed E-state index contributed by atoms with van der Waals surface area (Å²) in [6.07, 6.45) is 3.36. The van der Waals surface area contributed by atoms with Crippen molar-refractivity contribution in [3.8, 4) is 0 Å². The lowest BCUT2D eigenvalue weighted by Crippen LogP contribution is -2.02. The largest absolute Gasteiger partial charge is 0.328 e. The van der Waals surface area contributed by atoms with Crippen LogP contribution in [0.25, 0.3) is 0 Å². The van der Waals surface area contributed by atoms with Gasteiger partial charge in [-0.15, -0.1) is 6.58 Å². The highest BCUT2D eigenvalue weighted by atomic mass is 31.2. The van der Waals surface area contributed by atoms with E-state index < -0.39 is 7.37 Å². The zero-order valence-electron chi connectivity index (χ0n) is 9.79. The Labute approximate surface area is 93.2 Å². The predicted octanol–water partition coefficient (Wildman–Crippen LogP) is 4.01. The fraction of sp³-hybridized carbons (Fsp3) is 0.500. The Balaban J connectivity index is 4.40. The van der Waals surface area contributed by atoms with Gasteiger partial charge in [-0.3, -0.25) is 4.57 Å². The quantitative estimate of drug-likeness (QED) is 0.356. The Morgan fingerprint density at radius 1 is 1.27 bits per heavy atom. The second-order valence-corrected chi connectivity index (χ2v) is 6.48. The van der Waals surface area contributed by atoms with E-state index in [9.17, 15) is 4.57 Å². The van der Waals surface area contributed by atoms with Gasteiger partial charge in [0.15, 0.2) is 0 Å². The molecule has 0 amide bonds. The second kappa shape index (κ2) is 6.81. The first-order valence-corrected chi connectivity index (χ1v) is 7.01. The summed E-state index contributed by atoms with van der Waals surface area (Å²) >= 11 is 0. The van der Waals surface area contributed by atoms with Crippen LogP contribution in [0, 0.1) is 0 Å². The van der Waals surface area contributed by atoms with E-state index in [1.807, 2.05) is 13.8 Å². The molecular formula is C12H21O2P. The molecule has 0 atom stereocenters. The molecule has 0 aromatic rings. The van der Waals surface area contributed by atoms with Gasteiger partial charge >= 0.3 is 0 Å². The van der Waals surface area contributed by atoms with Crippen molar-refractivity contribution in [1.82, 2.24) is 0 Å². The first-order chi connectivity index (χ1) is 6.89. The molecule has 0 spiro atoms. The molecule has 0 aromatic heterocycles. The topological polar surface area (TPSA) is 26.3 Å². The molecule has 0 aliphatic carbocycles. The Bertz CT molecular complexity index is 272. The molecule has 0 fully saturated rings. The molecule has 0 saturated carbocycles. The third-order valence-corrected chi connectivity index (χ3v) is 4.37. The van der Waals surface area contributed by atoms with Crippen LogP contribution in [0.4, 0.5) is 0 Å². The van der Waals surface area contributed by atoms with Crippen molar-refractivity contribution >= 4 is 7.37 Å². The van der Waals surface area contributed by atoms with Crippen molar-refractivity contribution in [2.24, 2.45) is 0 Å². The number of allylic oxidation sites excluding steroid dienone is 2. The fourth-order valence-electron chi connectivity index (χ4n) is 1.27. The van der Waals surface area contributed by atoms with Crippen LogP contribution < -0.4 is 0 Å². The Morgan fingerprint density at radius 3 is 2.07 bits per heavy atom. The van der Waals surface area contributed by atoms with Crippen LogP contribution in [0.15, 0.2) is 37.0 Å². The van der Waals surface area contributed by atoms with Crippen LogP contribution in [-0.2, 0) is 9.09 Å². The maximum atomic E-state index is 12.3. The molecule has 0 saturated heterocycles. The van der Waals surface area contributed by atoms with Crippen LogP contribution in [-0.4, -0.2) is 18.9 Å². The molecule has 0 rings (SSSR count). The summed E-state index contributed by atoms with van der Waals surface area (Å²) < 4.78 is 17.8. The van der Waals surface area contributed by atoms with Crippen molar-refractivity contribution in [2.45, 2.75) is 20.3 Å². The number of hydrogen-bond acceptors (Lipinski definition) is 2. The van der Waals surface area contributed by atoms with E-state index >= 15 is 0 Å². The molecular weight excluding hydrogens is 207 g/mol. The molecule has 15 heavy (non-hydrogen) atoms. The van der Waals surface area contributed by atoms with Gasteiger partial charge in [0.1, 0.15) is 0 Å². The van der Waals surface area contributed by atoms with E-state index in [0.717, 1.165) is 17.6 Å². The summed E-state index contributed by atoms with van der Waals surface area (Å²) in [4.78, 5) is 0. The summed E-state index contributed by atoms with van der Waals surface area (Å²) in [5.74, 6) is 0. The lowest BCUT2D eigenvalue weighted by Gasteiger charge is -2.18. The molecule has 0 aliphatic heterocycles. The molecule has 0 N–H and O–H groups in total. The first-order valence-electron chi connectivity index (χ1n) is 5.02. The summed E-state index contributed by atoms with van der Waals surface area (Å²) in [5.41, 5.74) is 1.77. The van der Waals surface area contributed by atoms with Crippen LogP contribution in [0.5, 0.6) is 0 Å². The van der Waals surface area contributed by atoms with Gasteiger partial charge in [0.25, 0.3) is 0 Å². The molecule has 0 aromatic carbocycles. The van der Waals surface area contributed by atoms with E-state index in [2.05, 4.69) is 19.7 Å². The van der Waals surface area contributed by atoms with Gasteiger partial charge in [-0.25, -0.2) is 0 Å². The molecule has 0 bridgehead atoms. The molecule has 0 aliphatic rings. The molecule has 0 heterocycles. The predicted molar refractivity (Wildman–Crippen MR) is 67.7 cm³/mol. The minimum atomic E-state index is -2.61. The maximum absolute atomic E-state index is 12.3. The third kappa shape index (κ3) is 7.35. The monoisotopic (exact) mass is 228 g/mol. The third-order valence-electron chi connectivity index (χ3n) is 1.67. The van der Waals surface area contributed by atoms with E-state index in [1.54, 1.807) is 6.08 Å². The number of rotatable bonds is 8. The Morgan fingerprint density at radius 2 is 1.73 bits per heavy atom. The zero-order valence-corrected chi connectivity index (χ0v) is 10.7. The summed E-state index contributed by atoms with van der Waals surface area (Å²) in [5, 5.41) is 0. The van der Waals surface area contributed by atoms with Gasteiger partial charge in [0.05, 0.1) is 6.61 Å².